The number of ether oxygens (including phenoxy) is 1. The van der Waals surface area contributed by atoms with Crippen LogP contribution in [0.2, 0.25) is 0 Å². The molecule has 3 N–H and O–H groups in total. The quantitative estimate of drug-likeness (QED) is 0.535. The molecule has 3 amide bonds. The largest absolute Gasteiger partial charge is 0.396 e. The normalized spacial score (nSPS) is 31.9. The number of hydrogen-bond acceptors (Lipinski definition) is 5. The number of anilines is 2. The lowest BCUT2D eigenvalue weighted by Crippen LogP contribution is -2.54. The van der Waals surface area contributed by atoms with Gasteiger partial charge in [0, 0.05) is 24.5 Å². The lowest BCUT2D eigenvalue weighted by Gasteiger charge is -2.36. The molecule has 6 atom stereocenters. The molecule has 2 bridgehead atoms. The van der Waals surface area contributed by atoms with Crippen molar-refractivity contribution in [3.63, 3.8) is 0 Å². The van der Waals surface area contributed by atoms with E-state index in [1.165, 1.54) is 4.90 Å². The minimum atomic E-state index is -1.12. The molecule has 8 heteroatoms. The number of likely N-dealkylation sites (tertiary alicyclic amines) is 1. The van der Waals surface area contributed by atoms with Crippen molar-refractivity contribution in [1.29, 1.82) is 0 Å². The van der Waals surface area contributed by atoms with Crippen LogP contribution in [-0.4, -0.2) is 58.1 Å². The van der Waals surface area contributed by atoms with Crippen LogP contribution >= 0.6 is 0 Å². The summed E-state index contributed by atoms with van der Waals surface area (Å²) >= 11 is 0. The third-order valence-electron chi connectivity index (χ3n) is 8.67. The number of fused-ring (bicyclic) bond motifs is 1. The number of aliphatic hydroxyl groups is 1. The minimum Gasteiger partial charge on any atom is -0.396 e. The van der Waals surface area contributed by atoms with Gasteiger partial charge in [0.05, 0.1) is 17.4 Å². The Balaban J connectivity index is 1.54. The summed E-state index contributed by atoms with van der Waals surface area (Å²) in [6.07, 6.45) is 0.824. The molecular weight excluding hydrogens is 470 g/mol. The Labute approximate surface area is 217 Å². The highest BCUT2D eigenvalue weighted by Crippen LogP contribution is 2.65. The molecule has 3 fully saturated rings. The van der Waals surface area contributed by atoms with Crippen molar-refractivity contribution in [2.75, 3.05) is 23.8 Å². The second kappa shape index (κ2) is 9.26. The van der Waals surface area contributed by atoms with Crippen LogP contribution < -0.4 is 10.6 Å². The number of aryl methyl sites for hydroxylation is 2. The summed E-state index contributed by atoms with van der Waals surface area (Å²) in [7, 11) is 0. The maximum Gasteiger partial charge on any atom is 0.250 e. The molecule has 196 valence electrons. The number of nitrogens with one attached hydrogen (secondary N) is 2. The number of amides is 3. The molecule has 37 heavy (non-hydrogen) atoms. The monoisotopic (exact) mass is 505 g/mol. The van der Waals surface area contributed by atoms with Crippen LogP contribution in [0.15, 0.2) is 48.5 Å². The van der Waals surface area contributed by atoms with Crippen molar-refractivity contribution < 1.29 is 24.2 Å². The van der Waals surface area contributed by atoms with E-state index >= 15 is 0 Å². The summed E-state index contributed by atoms with van der Waals surface area (Å²) in [6, 6.07) is 14.0. The van der Waals surface area contributed by atoms with E-state index in [-0.39, 0.29) is 36.8 Å². The first-order valence-electron chi connectivity index (χ1n) is 13.0. The Morgan fingerprint density at radius 1 is 1.05 bits per heavy atom. The Morgan fingerprint density at radius 3 is 2.38 bits per heavy atom. The lowest BCUT2D eigenvalue weighted by atomic mass is 9.62. The highest BCUT2D eigenvalue weighted by molar-refractivity contribution is 6.05. The van der Waals surface area contributed by atoms with E-state index in [0.717, 1.165) is 11.1 Å². The third kappa shape index (κ3) is 3.85. The van der Waals surface area contributed by atoms with Gasteiger partial charge in [0.15, 0.2) is 0 Å². The summed E-state index contributed by atoms with van der Waals surface area (Å²) in [5, 5.41) is 15.6. The van der Waals surface area contributed by atoms with Crippen molar-refractivity contribution in [1.82, 2.24) is 4.90 Å². The molecule has 3 aliphatic heterocycles. The number of carbonyl (C=O) groups is 3. The molecule has 5 rings (SSSR count). The zero-order chi connectivity index (χ0) is 26.5. The van der Waals surface area contributed by atoms with Gasteiger partial charge in [-0.3, -0.25) is 14.4 Å². The van der Waals surface area contributed by atoms with E-state index in [9.17, 15) is 19.5 Å². The number of hydrogen-bond donors (Lipinski definition) is 3. The SMILES string of the molecule is Cc1cccc(C)c1NC(=O)C1N(CCCO)C(=O)[C@@H]2[C@H](C(=O)Nc3ccccc3)[C@@]3(C)OC12CC3C. The van der Waals surface area contributed by atoms with Gasteiger partial charge in [0.25, 0.3) is 0 Å². The number of aliphatic hydroxyl groups excluding tert-OH is 1. The molecule has 0 radical (unpaired) electrons. The van der Waals surface area contributed by atoms with Crippen LogP contribution in [0.4, 0.5) is 11.4 Å². The zero-order valence-corrected chi connectivity index (χ0v) is 21.8. The topological polar surface area (TPSA) is 108 Å². The third-order valence-corrected chi connectivity index (χ3v) is 8.67. The van der Waals surface area contributed by atoms with Crippen molar-refractivity contribution in [2.24, 2.45) is 17.8 Å². The fraction of sp³-hybridized carbons (Fsp3) is 0.483. The minimum absolute atomic E-state index is 0.0450. The Hall–Kier alpha value is -3.23. The molecule has 8 nitrogen and oxygen atoms in total. The van der Waals surface area contributed by atoms with Gasteiger partial charge in [-0.2, -0.15) is 0 Å². The van der Waals surface area contributed by atoms with Gasteiger partial charge in [-0.15, -0.1) is 0 Å². The summed E-state index contributed by atoms with van der Waals surface area (Å²) in [6.45, 7) is 7.87. The average molecular weight is 506 g/mol. The van der Waals surface area contributed by atoms with E-state index in [1.807, 2.05) is 64.1 Å². The Morgan fingerprint density at radius 2 is 1.73 bits per heavy atom. The highest BCUT2D eigenvalue weighted by Gasteiger charge is 2.79. The molecule has 3 aliphatic rings. The molecule has 2 aromatic carbocycles. The lowest BCUT2D eigenvalue weighted by molar-refractivity contribution is -0.144. The fourth-order valence-electron chi connectivity index (χ4n) is 6.87. The summed E-state index contributed by atoms with van der Waals surface area (Å²) < 4.78 is 6.72. The number of benzene rings is 2. The van der Waals surface area contributed by atoms with Crippen LogP contribution in [-0.2, 0) is 19.1 Å². The highest BCUT2D eigenvalue weighted by atomic mass is 16.5. The molecule has 2 aromatic rings. The fourth-order valence-corrected chi connectivity index (χ4v) is 6.87. The van der Waals surface area contributed by atoms with Crippen LogP contribution in [0.1, 0.15) is 37.8 Å². The molecule has 3 unspecified atom stereocenters. The maximum atomic E-state index is 14.0. The van der Waals surface area contributed by atoms with Gasteiger partial charge in [-0.25, -0.2) is 0 Å². The first-order valence-corrected chi connectivity index (χ1v) is 13.0. The second-order valence-corrected chi connectivity index (χ2v) is 10.9. The van der Waals surface area contributed by atoms with Crippen molar-refractivity contribution in [2.45, 2.75) is 57.8 Å². The van der Waals surface area contributed by atoms with Gasteiger partial charge in [0.2, 0.25) is 17.7 Å². The van der Waals surface area contributed by atoms with Crippen LogP contribution in [0, 0.1) is 31.6 Å². The van der Waals surface area contributed by atoms with E-state index in [1.54, 1.807) is 12.1 Å². The molecule has 0 aliphatic carbocycles. The summed E-state index contributed by atoms with van der Waals surface area (Å²) in [5.74, 6) is -2.45. The Kier molecular flexibility index (Phi) is 6.36. The predicted molar refractivity (Wildman–Crippen MR) is 140 cm³/mol. The van der Waals surface area contributed by atoms with Crippen LogP contribution in [0.3, 0.4) is 0 Å². The standard InChI is InChI=1S/C29H35N3O5/c1-17-10-8-11-18(2)23(17)31-26(35)24-29-16-19(3)28(4,37-29)21(22(29)27(36)32(24)14-9-15-33)25(34)30-20-12-6-5-7-13-20/h5-8,10-13,19,21-22,24,33H,9,14-16H2,1-4H3,(H,30,34)(H,31,35)/t19?,21-,22+,24?,28+,29?/m1/s1. The smallest absolute Gasteiger partial charge is 0.250 e. The molecule has 0 saturated carbocycles. The maximum absolute atomic E-state index is 14.0. The van der Waals surface area contributed by atoms with E-state index in [2.05, 4.69) is 10.6 Å². The van der Waals surface area contributed by atoms with Crippen molar-refractivity contribution in [3.8, 4) is 0 Å². The first kappa shape index (κ1) is 25.4. The summed E-state index contributed by atoms with van der Waals surface area (Å²) in [4.78, 5) is 43.2. The van der Waals surface area contributed by atoms with Gasteiger partial charge in [0.1, 0.15) is 11.6 Å². The molecular formula is C29H35N3O5. The first-order chi connectivity index (χ1) is 17.6. The Bertz CT molecular complexity index is 1210. The van der Waals surface area contributed by atoms with Gasteiger partial charge in [-0.05, 0) is 62.8 Å². The number of rotatable bonds is 7. The molecule has 3 heterocycles. The molecule has 3 saturated heterocycles. The molecule has 1 spiro atoms. The second-order valence-electron chi connectivity index (χ2n) is 10.9. The van der Waals surface area contributed by atoms with Gasteiger partial charge in [-0.1, -0.05) is 43.3 Å². The number of para-hydroxylation sites is 2. The van der Waals surface area contributed by atoms with Gasteiger partial charge < -0.3 is 25.4 Å². The van der Waals surface area contributed by atoms with E-state index in [0.29, 0.717) is 24.2 Å². The number of carbonyl (C=O) groups excluding carboxylic acids is 3. The van der Waals surface area contributed by atoms with Gasteiger partial charge >= 0.3 is 0 Å². The van der Waals surface area contributed by atoms with E-state index in [4.69, 9.17) is 4.74 Å². The van der Waals surface area contributed by atoms with Crippen LogP contribution in [0.25, 0.3) is 0 Å². The average Bonchev–Trinajstić information content (AvgIpc) is 3.37. The van der Waals surface area contributed by atoms with Crippen molar-refractivity contribution >= 4 is 29.1 Å². The van der Waals surface area contributed by atoms with Crippen LogP contribution in [0.5, 0.6) is 0 Å². The number of nitrogens with zero attached hydrogens (tertiary/aromatic N) is 1. The molecule has 0 aromatic heterocycles. The van der Waals surface area contributed by atoms with Crippen molar-refractivity contribution in [3.05, 3.63) is 59.7 Å². The van der Waals surface area contributed by atoms with E-state index < -0.39 is 29.1 Å². The summed E-state index contributed by atoms with van der Waals surface area (Å²) in [5.41, 5.74) is 1.19. The zero-order valence-electron chi connectivity index (χ0n) is 21.8. The predicted octanol–water partition coefficient (Wildman–Crippen LogP) is 3.27.